The van der Waals surface area contributed by atoms with Crippen LogP contribution in [-0.2, 0) is 14.4 Å². The molecule has 3 rings (SSSR count). The number of anilines is 1. The lowest BCUT2D eigenvalue weighted by molar-refractivity contribution is -0.136. The van der Waals surface area contributed by atoms with Gasteiger partial charge in [-0.2, -0.15) is 0 Å². The van der Waals surface area contributed by atoms with Crippen molar-refractivity contribution in [2.45, 2.75) is 57.4 Å². The number of nitrogens with two attached hydrogens (primary N) is 1. The Morgan fingerprint density at radius 3 is 2.44 bits per heavy atom. The molecular weight excluding hydrogens is 462 g/mol. The lowest BCUT2D eigenvalue weighted by Crippen LogP contribution is -2.54. The van der Waals surface area contributed by atoms with Gasteiger partial charge in [-0.25, -0.2) is 0 Å². The molecule has 1 saturated heterocycles. The maximum absolute atomic E-state index is 13.0. The number of hydrogen-bond donors (Lipinski definition) is 4. The second-order valence-electron chi connectivity index (χ2n) is 8.29. The lowest BCUT2D eigenvalue weighted by Gasteiger charge is -2.27. The monoisotopic (exact) mass is 493 g/mol. The van der Waals surface area contributed by atoms with E-state index in [1.54, 1.807) is 12.1 Å². The molecule has 1 unspecified atom stereocenters. The fraction of sp³-hybridized carbons (Fsp3) is 0.522. The van der Waals surface area contributed by atoms with Gasteiger partial charge in [0.1, 0.15) is 6.04 Å². The Balaban J connectivity index is 0.00000408. The molecule has 5 amide bonds. The SMILES string of the molecule is Cl.NCCCCCCCCNC(=O)CNc1cccc2c1C(=O)N(C1CCC(=O)NC1=O)C2=O. The smallest absolute Gasteiger partial charge is 0.264 e. The van der Waals surface area contributed by atoms with E-state index in [0.29, 0.717) is 12.2 Å². The molecule has 1 fully saturated rings. The molecule has 0 saturated carbocycles. The summed E-state index contributed by atoms with van der Waals surface area (Å²) in [4.78, 5) is 62.6. The van der Waals surface area contributed by atoms with E-state index in [-0.39, 0.29) is 48.8 Å². The van der Waals surface area contributed by atoms with E-state index in [9.17, 15) is 24.0 Å². The summed E-state index contributed by atoms with van der Waals surface area (Å²) in [6.45, 7) is 1.25. The fourth-order valence-corrected chi connectivity index (χ4v) is 4.10. The lowest BCUT2D eigenvalue weighted by atomic mass is 10.0. The van der Waals surface area contributed by atoms with Crippen molar-refractivity contribution in [3.05, 3.63) is 29.3 Å². The van der Waals surface area contributed by atoms with Crippen LogP contribution < -0.4 is 21.7 Å². The highest BCUT2D eigenvalue weighted by Gasteiger charge is 2.45. The molecule has 2 aliphatic rings. The molecule has 10 nitrogen and oxygen atoms in total. The third-order valence-corrected chi connectivity index (χ3v) is 5.86. The van der Waals surface area contributed by atoms with Crippen LogP contribution in [0.3, 0.4) is 0 Å². The molecular formula is C23H32ClN5O5. The summed E-state index contributed by atoms with van der Waals surface area (Å²) in [5.74, 6) is -2.48. The van der Waals surface area contributed by atoms with Crippen LogP contribution in [0.2, 0.25) is 0 Å². The molecule has 0 aliphatic carbocycles. The first-order chi connectivity index (χ1) is 15.9. The van der Waals surface area contributed by atoms with Crippen LogP contribution in [0.5, 0.6) is 0 Å². The normalized spacial score (nSPS) is 17.2. The molecule has 5 N–H and O–H groups in total. The molecule has 0 bridgehead atoms. The Kier molecular flexibility index (Phi) is 10.5. The molecule has 2 heterocycles. The standard InChI is InChI=1S/C23H31N5O5.ClH/c24-12-5-3-1-2-4-6-13-25-19(30)14-26-16-9-7-8-15-20(16)23(33)28(22(15)32)17-10-11-18(29)27-21(17)31;/h7-9,17,26H,1-6,10-14,24H2,(H,25,30)(H,27,29,31);1H. The molecule has 0 spiro atoms. The van der Waals surface area contributed by atoms with Gasteiger partial charge in [-0.3, -0.25) is 34.2 Å². The number of carbonyl (C=O) groups is 5. The van der Waals surface area contributed by atoms with Crippen molar-refractivity contribution in [1.29, 1.82) is 0 Å². The molecule has 186 valence electrons. The molecule has 0 aromatic heterocycles. The highest BCUT2D eigenvalue weighted by Crippen LogP contribution is 2.32. The number of piperidine rings is 1. The number of hydrogen-bond acceptors (Lipinski definition) is 7. The van der Waals surface area contributed by atoms with Crippen LogP contribution >= 0.6 is 12.4 Å². The van der Waals surface area contributed by atoms with Crippen molar-refractivity contribution in [3.63, 3.8) is 0 Å². The van der Waals surface area contributed by atoms with Crippen molar-refractivity contribution >= 4 is 47.6 Å². The average molecular weight is 494 g/mol. The molecule has 2 aliphatic heterocycles. The number of carbonyl (C=O) groups excluding carboxylic acids is 5. The van der Waals surface area contributed by atoms with E-state index in [1.165, 1.54) is 6.07 Å². The van der Waals surface area contributed by atoms with E-state index in [1.807, 2.05) is 0 Å². The third-order valence-electron chi connectivity index (χ3n) is 5.86. The Morgan fingerprint density at radius 1 is 1.03 bits per heavy atom. The zero-order chi connectivity index (χ0) is 23.8. The zero-order valence-electron chi connectivity index (χ0n) is 19.1. The van der Waals surface area contributed by atoms with E-state index >= 15 is 0 Å². The van der Waals surface area contributed by atoms with Gasteiger partial charge in [-0.05, 0) is 37.9 Å². The summed E-state index contributed by atoms with van der Waals surface area (Å²) >= 11 is 0. The maximum Gasteiger partial charge on any atom is 0.264 e. The largest absolute Gasteiger partial charge is 0.375 e. The third kappa shape index (κ3) is 6.54. The predicted molar refractivity (Wildman–Crippen MR) is 129 cm³/mol. The van der Waals surface area contributed by atoms with Crippen LogP contribution in [0.4, 0.5) is 5.69 Å². The van der Waals surface area contributed by atoms with Crippen LogP contribution in [0.1, 0.15) is 72.1 Å². The molecule has 1 atom stereocenters. The molecule has 0 radical (unpaired) electrons. The highest BCUT2D eigenvalue weighted by atomic mass is 35.5. The quantitative estimate of drug-likeness (QED) is 0.253. The Morgan fingerprint density at radius 2 is 1.74 bits per heavy atom. The van der Waals surface area contributed by atoms with Crippen LogP contribution in [-0.4, -0.2) is 60.1 Å². The van der Waals surface area contributed by atoms with E-state index < -0.39 is 29.7 Å². The molecule has 34 heavy (non-hydrogen) atoms. The fourth-order valence-electron chi connectivity index (χ4n) is 4.10. The van der Waals surface area contributed by atoms with Crippen LogP contribution in [0, 0.1) is 0 Å². The van der Waals surface area contributed by atoms with Crippen molar-refractivity contribution in [2.24, 2.45) is 5.73 Å². The van der Waals surface area contributed by atoms with Crippen molar-refractivity contribution in [3.8, 4) is 0 Å². The first-order valence-electron chi connectivity index (χ1n) is 11.5. The number of imide groups is 2. The number of nitrogens with zero attached hydrogens (tertiary/aromatic N) is 1. The first kappa shape index (κ1) is 27.3. The summed E-state index contributed by atoms with van der Waals surface area (Å²) < 4.78 is 0. The number of benzene rings is 1. The van der Waals surface area contributed by atoms with Crippen LogP contribution in [0.25, 0.3) is 0 Å². The summed E-state index contributed by atoms with van der Waals surface area (Å²) in [6, 6.07) is 3.72. The van der Waals surface area contributed by atoms with E-state index in [0.717, 1.165) is 50.0 Å². The minimum Gasteiger partial charge on any atom is -0.375 e. The van der Waals surface area contributed by atoms with Crippen LogP contribution in [0.15, 0.2) is 18.2 Å². The van der Waals surface area contributed by atoms with Gasteiger partial charge >= 0.3 is 0 Å². The average Bonchev–Trinajstić information content (AvgIpc) is 3.05. The van der Waals surface area contributed by atoms with E-state index in [2.05, 4.69) is 16.0 Å². The minimum atomic E-state index is -1.03. The zero-order valence-corrected chi connectivity index (χ0v) is 19.9. The van der Waals surface area contributed by atoms with Gasteiger partial charge in [0.15, 0.2) is 0 Å². The molecule has 11 heteroatoms. The van der Waals surface area contributed by atoms with Gasteiger partial charge < -0.3 is 16.4 Å². The molecule has 1 aromatic carbocycles. The van der Waals surface area contributed by atoms with Gasteiger partial charge in [-0.1, -0.05) is 31.7 Å². The Bertz CT molecular complexity index is 938. The van der Waals surface area contributed by atoms with Gasteiger partial charge in [-0.15, -0.1) is 12.4 Å². The summed E-state index contributed by atoms with van der Waals surface area (Å²) in [7, 11) is 0. The number of nitrogens with one attached hydrogen (secondary N) is 3. The predicted octanol–water partition coefficient (Wildman–Crippen LogP) is 1.34. The topological polar surface area (TPSA) is 151 Å². The van der Waals surface area contributed by atoms with Gasteiger partial charge in [0.05, 0.1) is 17.7 Å². The Hall–Kier alpha value is -2.98. The summed E-state index contributed by atoms with van der Waals surface area (Å²) in [5.41, 5.74) is 6.14. The number of unbranched alkanes of at least 4 members (excludes halogenated alkanes) is 5. The van der Waals surface area contributed by atoms with Gasteiger partial charge in [0.2, 0.25) is 17.7 Å². The number of fused-ring (bicyclic) bond motifs is 1. The minimum absolute atomic E-state index is 0. The van der Waals surface area contributed by atoms with Crippen molar-refractivity contribution in [1.82, 2.24) is 15.5 Å². The van der Waals surface area contributed by atoms with E-state index in [4.69, 9.17) is 5.73 Å². The van der Waals surface area contributed by atoms with Crippen molar-refractivity contribution < 1.29 is 24.0 Å². The second-order valence-corrected chi connectivity index (χ2v) is 8.29. The first-order valence-corrected chi connectivity index (χ1v) is 11.5. The molecule has 1 aromatic rings. The summed E-state index contributed by atoms with van der Waals surface area (Å²) in [6.07, 6.45) is 6.53. The van der Waals surface area contributed by atoms with Gasteiger partial charge in [0, 0.05) is 18.7 Å². The number of halogens is 1. The number of amides is 5. The van der Waals surface area contributed by atoms with Gasteiger partial charge in [0.25, 0.3) is 11.8 Å². The second kappa shape index (κ2) is 13.0. The van der Waals surface area contributed by atoms with Crippen molar-refractivity contribution in [2.75, 3.05) is 25.0 Å². The summed E-state index contributed by atoms with van der Waals surface area (Å²) in [5, 5.41) is 7.95. The number of rotatable bonds is 12. The maximum atomic E-state index is 13.0. The Labute approximate surface area is 204 Å². The highest BCUT2D eigenvalue weighted by molar-refractivity contribution is 6.25.